The summed E-state index contributed by atoms with van der Waals surface area (Å²) in [6.45, 7) is 3.95. The molecule has 5 nitrogen and oxygen atoms in total. The maximum absolute atomic E-state index is 11.1. The van der Waals surface area contributed by atoms with E-state index in [4.69, 9.17) is 4.74 Å². The van der Waals surface area contributed by atoms with Crippen molar-refractivity contribution >= 4 is 12.5 Å². The van der Waals surface area contributed by atoms with Gasteiger partial charge in [-0.1, -0.05) is 26.2 Å². The highest BCUT2D eigenvalue weighted by molar-refractivity contribution is 5.66. The molecule has 2 amide bonds. The molecule has 0 saturated carbocycles. The Balaban J connectivity index is 3.11. The second kappa shape index (κ2) is 12.8. The number of hydrogen-bond donors (Lipinski definition) is 2. The lowest BCUT2D eigenvalue weighted by Crippen LogP contribution is -2.25. The number of ether oxygens (including phenoxy) is 1. The summed E-state index contributed by atoms with van der Waals surface area (Å²) >= 11 is 0. The SMILES string of the molecule is CCCCOC(=O)NCCCCCCNC=O. The van der Waals surface area contributed by atoms with Gasteiger partial charge in [-0.15, -0.1) is 0 Å². The topological polar surface area (TPSA) is 67.4 Å². The molecule has 0 unspecified atom stereocenters. The van der Waals surface area contributed by atoms with Gasteiger partial charge in [0.05, 0.1) is 6.61 Å². The van der Waals surface area contributed by atoms with E-state index in [9.17, 15) is 9.59 Å². The van der Waals surface area contributed by atoms with Gasteiger partial charge in [0.25, 0.3) is 0 Å². The normalized spacial score (nSPS) is 9.71. The van der Waals surface area contributed by atoms with Crippen LogP contribution < -0.4 is 10.6 Å². The zero-order chi connectivity index (χ0) is 12.8. The van der Waals surface area contributed by atoms with E-state index in [1.165, 1.54) is 0 Å². The number of carbonyl (C=O) groups excluding carboxylic acids is 2. The minimum absolute atomic E-state index is 0.318. The predicted molar refractivity (Wildman–Crippen MR) is 66.8 cm³/mol. The molecule has 17 heavy (non-hydrogen) atoms. The summed E-state index contributed by atoms with van der Waals surface area (Å²) in [5, 5.41) is 5.33. The van der Waals surface area contributed by atoms with Gasteiger partial charge in [0.1, 0.15) is 0 Å². The van der Waals surface area contributed by atoms with Crippen LogP contribution in [0, 0.1) is 0 Å². The lowest BCUT2D eigenvalue weighted by molar-refractivity contribution is -0.109. The molecule has 0 aliphatic rings. The second-order valence-corrected chi connectivity index (χ2v) is 3.90. The Hall–Kier alpha value is -1.26. The van der Waals surface area contributed by atoms with Crippen LogP contribution in [0.15, 0.2) is 0 Å². The van der Waals surface area contributed by atoms with Gasteiger partial charge in [0.2, 0.25) is 6.41 Å². The van der Waals surface area contributed by atoms with Crippen LogP contribution in [-0.4, -0.2) is 32.2 Å². The van der Waals surface area contributed by atoms with Crippen LogP contribution in [-0.2, 0) is 9.53 Å². The van der Waals surface area contributed by atoms with Gasteiger partial charge in [-0.25, -0.2) is 4.79 Å². The number of hydrogen-bond acceptors (Lipinski definition) is 3. The predicted octanol–water partition coefficient (Wildman–Crippen LogP) is 1.82. The molecule has 0 fully saturated rings. The van der Waals surface area contributed by atoms with Crippen LogP contribution in [0.2, 0.25) is 0 Å². The Morgan fingerprint density at radius 2 is 1.82 bits per heavy atom. The molecule has 0 spiro atoms. The Morgan fingerprint density at radius 1 is 1.12 bits per heavy atom. The first-order valence-electron chi connectivity index (χ1n) is 6.39. The van der Waals surface area contributed by atoms with Crippen molar-refractivity contribution in [3.63, 3.8) is 0 Å². The van der Waals surface area contributed by atoms with E-state index in [0.717, 1.165) is 45.1 Å². The third-order valence-electron chi connectivity index (χ3n) is 2.33. The third kappa shape index (κ3) is 12.7. The van der Waals surface area contributed by atoms with Crippen LogP contribution in [0.25, 0.3) is 0 Å². The first-order valence-corrected chi connectivity index (χ1v) is 6.39. The van der Waals surface area contributed by atoms with Crippen LogP contribution in [0.4, 0.5) is 4.79 Å². The molecule has 0 aliphatic heterocycles. The summed E-state index contributed by atoms with van der Waals surface area (Å²) in [5.74, 6) is 0. The first kappa shape index (κ1) is 15.7. The summed E-state index contributed by atoms with van der Waals surface area (Å²) < 4.78 is 4.94. The maximum atomic E-state index is 11.1. The Bertz CT molecular complexity index is 198. The zero-order valence-electron chi connectivity index (χ0n) is 10.7. The first-order chi connectivity index (χ1) is 8.31. The van der Waals surface area contributed by atoms with Crippen molar-refractivity contribution in [1.29, 1.82) is 0 Å². The van der Waals surface area contributed by atoms with Crippen molar-refractivity contribution in [2.45, 2.75) is 45.4 Å². The van der Waals surface area contributed by atoms with E-state index in [0.29, 0.717) is 19.6 Å². The van der Waals surface area contributed by atoms with E-state index >= 15 is 0 Å². The quantitative estimate of drug-likeness (QED) is 0.430. The summed E-state index contributed by atoms with van der Waals surface area (Å²) in [4.78, 5) is 21.1. The number of unbranched alkanes of at least 4 members (excludes halogenated alkanes) is 4. The third-order valence-corrected chi connectivity index (χ3v) is 2.33. The van der Waals surface area contributed by atoms with Gasteiger partial charge in [0.15, 0.2) is 0 Å². The summed E-state index contributed by atoms with van der Waals surface area (Å²) in [7, 11) is 0. The van der Waals surface area contributed by atoms with Gasteiger partial charge in [-0.3, -0.25) is 4.79 Å². The molecule has 100 valence electrons. The fourth-order valence-corrected chi connectivity index (χ4v) is 1.32. The minimum atomic E-state index is -0.318. The van der Waals surface area contributed by atoms with E-state index in [1.54, 1.807) is 0 Å². The molecule has 0 radical (unpaired) electrons. The Labute approximate surface area is 103 Å². The standard InChI is InChI=1S/C12H24N2O3/c1-2-3-10-17-12(16)14-9-7-5-4-6-8-13-11-15/h11H,2-10H2,1H3,(H,13,15)(H,14,16). The van der Waals surface area contributed by atoms with Crippen molar-refractivity contribution in [3.8, 4) is 0 Å². The van der Waals surface area contributed by atoms with Gasteiger partial charge in [-0.2, -0.15) is 0 Å². The summed E-state index contributed by atoms with van der Waals surface area (Å²) in [6, 6.07) is 0. The van der Waals surface area contributed by atoms with Crippen molar-refractivity contribution < 1.29 is 14.3 Å². The number of rotatable bonds is 11. The zero-order valence-corrected chi connectivity index (χ0v) is 10.7. The monoisotopic (exact) mass is 244 g/mol. The summed E-state index contributed by atoms with van der Waals surface area (Å²) in [5.41, 5.74) is 0. The summed E-state index contributed by atoms with van der Waals surface area (Å²) in [6.07, 6.45) is 6.39. The Morgan fingerprint density at radius 3 is 2.47 bits per heavy atom. The van der Waals surface area contributed by atoms with Crippen LogP contribution in [0.3, 0.4) is 0 Å². The van der Waals surface area contributed by atoms with Gasteiger partial charge < -0.3 is 15.4 Å². The number of carbonyl (C=O) groups is 2. The lowest BCUT2D eigenvalue weighted by atomic mass is 10.2. The van der Waals surface area contributed by atoms with E-state index in [1.807, 2.05) is 0 Å². The highest BCUT2D eigenvalue weighted by Crippen LogP contribution is 1.97. The van der Waals surface area contributed by atoms with Crippen molar-refractivity contribution in [2.24, 2.45) is 0 Å². The number of alkyl carbamates (subject to hydrolysis) is 1. The van der Waals surface area contributed by atoms with Crippen molar-refractivity contribution in [2.75, 3.05) is 19.7 Å². The molecular weight excluding hydrogens is 220 g/mol. The van der Waals surface area contributed by atoms with E-state index in [-0.39, 0.29) is 6.09 Å². The Kier molecular flexibility index (Phi) is 11.9. The molecule has 0 heterocycles. The molecule has 0 aromatic heterocycles. The average Bonchev–Trinajstić information content (AvgIpc) is 2.33. The second-order valence-electron chi connectivity index (χ2n) is 3.90. The van der Waals surface area contributed by atoms with E-state index < -0.39 is 0 Å². The lowest BCUT2D eigenvalue weighted by Gasteiger charge is -2.06. The fourth-order valence-electron chi connectivity index (χ4n) is 1.32. The molecule has 5 heteroatoms. The average molecular weight is 244 g/mol. The highest BCUT2D eigenvalue weighted by Gasteiger charge is 1.99. The molecule has 0 saturated heterocycles. The van der Waals surface area contributed by atoms with Gasteiger partial charge >= 0.3 is 6.09 Å². The number of nitrogens with one attached hydrogen (secondary N) is 2. The molecule has 0 aromatic rings. The molecule has 0 aromatic carbocycles. The molecule has 0 bridgehead atoms. The smallest absolute Gasteiger partial charge is 0.407 e. The largest absolute Gasteiger partial charge is 0.450 e. The fraction of sp³-hybridized carbons (Fsp3) is 0.833. The number of amides is 2. The molecule has 0 rings (SSSR count). The maximum Gasteiger partial charge on any atom is 0.407 e. The van der Waals surface area contributed by atoms with Crippen LogP contribution in [0.5, 0.6) is 0 Å². The highest BCUT2D eigenvalue weighted by atomic mass is 16.5. The van der Waals surface area contributed by atoms with Gasteiger partial charge in [0, 0.05) is 13.1 Å². The van der Waals surface area contributed by atoms with Crippen molar-refractivity contribution in [1.82, 2.24) is 10.6 Å². The van der Waals surface area contributed by atoms with Crippen LogP contribution >= 0.6 is 0 Å². The van der Waals surface area contributed by atoms with Crippen LogP contribution in [0.1, 0.15) is 45.4 Å². The molecule has 0 aliphatic carbocycles. The molecule has 2 N–H and O–H groups in total. The molecular formula is C12H24N2O3. The van der Waals surface area contributed by atoms with E-state index in [2.05, 4.69) is 17.6 Å². The van der Waals surface area contributed by atoms with Gasteiger partial charge in [-0.05, 0) is 19.3 Å². The van der Waals surface area contributed by atoms with Crippen molar-refractivity contribution in [3.05, 3.63) is 0 Å². The minimum Gasteiger partial charge on any atom is -0.450 e. The molecule has 0 atom stereocenters.